The molecule has 0 fully saturated rings. The molecule has 0 spiro atoms. The lowest BCUT2D eigenvalue weighted by atomic mass is 10.1. The summed E-state index contributed by atoms with van der Waals surface area (Å²) in [5.41, 5.74) is 0. The Morgan fingerprint density at radius 3 is 1.69 bits per heavy atom. The molecule has 0 bridgehead atoms. The highest BCUT2D eigenvalue weighted by Gasteiger charge is 1.96. The van der Waals surface area contributed by atoms with Crippen molar-refractivity contribution in [1.29, 1.82) is 0 Å². The van der Waals surface area contributed by atoms with Gasteiger partial charge in [0.1, 0.15) is 0 Å². The minimum atomic E-state index is 0.0259. The maximum absolute atomic E-state index is 2.59. The van der Waals surface area contributed by atoms with Crippen LogP contribution in [-0.2, 0) is 0 Å². The third-order valence-corrected chi connectivity index (χ3v) is 15.3. The van der Waals surface area contributed by atoms with E-state index in [1.807, 2.05) is 0 Å². The molecule has 0 aliphatic carbocycles. The van der Waals surface area contributed by atoms with E-state index in [-0.39, 0.29) is 7.83 Å². The molecule has 0 N–H and O–H groups in total. The van der Waals surface area contributed by atoms with Gasteiger partial charge in [-0.05, 0) is 9.76 Å². The molecule has 0 aromatic carbocycles. The van der Waals surface area contributed by atoms with Gasteiger partial charge < -0.3 is 0 Å². The largest absolute Gasteiger partial charge is 0.0768 e. The summed E-state index contributed by atoms with van der Waals surface area (Å²) >= 11 is 0. The van der Waals surface area contributed by atoms with E-state index in [0.717, 1.165) is 0 Å². The molecule has 0 nitrogen and oxygen atoms in total. The molecule has 0 amide bonds. The van der Waals surface area contributed by atoms with E-state index in [2.05, 4.69) is 13.5 Å². The maximum atomic E-state index is 2.59. The van der Waals surface area contributed by atoms with Crippen LogP contribution in [0.1, 0.15) is 71.1 Å². The van der Waals surface area contributed by atoms with Crippen LogP contribution in [0.2, 0.25) is 12.6 Å². The first kappa shape index (κ1) is 16.7. The molecule has 3 heteroatoms. The number of hydrogen-bond acceptors (Lipinski definition) is 0. The van der Waals surface area contributed by atoms with Gasteiger partial charge in [0.15, 0.2) is 0 Å². The quantitative estimate of drug-likeness (QED) is 0.379. The Hall–Kier alpha value is 0.651. The van der Waals surface area contributed by atoms with Crippen LogP contribution in [-0.4, -0.2) is 26.6 Å². The van der Waals surface area contributed by atoms with Crippen LogP contribution < -0.4 is 0 Å². The van der Waals surface area contributed by atoms with E-state index in [1.165, 1.54) is 51.4 Å². The van der Waals surface area contributed by atoms with Crippen LogP contribution in [0.3, 0.4) is 0 Å². The lowest BCUT2D eigenvalue weighted by Crippen LogP contribution is -2.17. The predicted molar refractivity (Wildman–Crippen MR) is 88.1 cm³/mol. The Morgan fingerprint density at radius 1 is 0.812 bits per heavy atom. The van der Waals surface area contributed by atoms with Crippen molar-refractivity contribution < 1.29 is 0 Å². The molecular weight excluding hydrogens is 240 g/mol. The fraction of sp³-hybridized carbons (Fsp3) is 1.00. The summed E-state index contributed by atoms with van der Waals surface area (Å²) in [6.45, 7) is 4.89. The van der Waals surface area contributed by atoms with Gasteiger partial charge in [-0.2, -0.15) is 0 Å². The maximum Gasteiger partial charge on any atom is 0.00809 e. The monoisotopic (exact) mass is 274 g/mol. The van der Waals surface area contributed by atoms with E-state index < -0.39 is 0 Å². The van der Waals surface area contributed by atoms with Crippen molar-refractivity contribution in [2.24, 2.45) is 0 Å². The van der Waals surface area contributed by atoms with Crippen molar-refractivity contribution in [2.75, 3.05) is 0 Å². The molecule has 0 heterocycles. The predicted octanol–water partition coefficient (Wildman–Crippen LogP) is 2.71. The van der Waals surface area contributed by atoms with Crippen LogP contribution in [0.5, 0.6) is 0 Å². The second-order valence-corrected chi connectivity index (χ2v) is 27.2. The Labute approximate surface area is 110 Å². The molecule has 0 saturated carbocycles. The summed E-state index contributed by atoms with van der Waals surface area (Å²) in [6, 6.07) is 1.69. The first-order chi connectivity index (χ1) is 7.77. The minimum Gasteiger partial charge on any atom is -0.0768 e. The van der Waals surface area contributed by atoms with Crippen molar-refractivity contribution in [3.63, 3.8) is 0 Å². The first-order valence-electron chi connectivity index (χ1n) is 7.77. The molecule has 0 aliphatic rings. The molecule has 0 aliphatic heterocycles. The summed E-state index contributed by atoms with van der Waals surface area (Å²) in [5.74, 6) is 0. The van der Waals surface area contributed by atoms with Gasteiger partial charge in [0.25, 0.3) is 0 Å². The van der Waals surface area contributed by atoms with Crippen LogP contribution in [0.15, 0.2) is 0 Å². The Kier molecular flexibility index (Phi) is 14.3. The molecule has 0 radical (unpaired) electrons. The van der Waals surface area contributed by atoms with Crippen LogP contribution in [0.25, 0.3) is 0 Å². The van der Waals surface area contributed by atoms with Crippen molar-refractivity contribution in [2.45, 2.75) is 83.7 Å². The minimum absolute atomic E-state index is 0.0259. The Morgan fingerprint density at radius 2 is 1.25 bits per heavy atom. The molecule has 0 rings (SSSR count). The average molecular weight is 275 g/mol. The molecular formula is C13H34Si3. The van der Waals surface area contributed by atoms with Crippen molar-refractivity contribution >= 4 is 26.6 Å². The average Bonchev–Trinajstić information content (AvgIpc) is 2.25. The normalized spacial score (nSPS) is 13.9. The van der Waals surface area contributed by atoms with Gasteiger partial charge in [-0.25, -0.2) is 0 Å². The van der Waals surface area contributed by atoms with E-state index in [0.29, 0.717) is 9.04 Å². The van der Waals surface area contributed by atoms with Gasteiger partial charge in [-0.1, -0.05) is 83.7 Å². The highest BCUT2D eigenvalue weighted by Crippen LogP contribution is 2.11. The summed E-state index contributed by atoms with van der Waals surface area (Å²) in [5, 5.41) is 0. The highest BCUT2D eigenvalue weighted by molar-refractivity contribution is 7.34. The highest BCUT2D eigenvalue weighted by atomic mass is 29.5. The lowest BCUT2D eigenvalue weighted by molar-refractivity contribution is 0.562. The van der Waals surface area contributed by atoms with Crippen molar-refractivity contribution in [3.05, 3.63) is 0 Å². The van der Waals surface area contributed by atoms with Gasteiger partial charge in [0.2, 0.25) is 0 Å². The topological polar surface area (TPSA) is 0 Å². The van der Waals surface area contributed by atoms with E-state index in [9.17, 15) is 0 Å². The van der Waals surface area contributed by atoms with Crippen LogP contribution in [0, 0.1) is 0 Å². The second kappa shape index (κ2) is 13.7. The fourth-order valence-electron chi connectivity index (χ4n) is 2.22. The SMILES string of the molecule is CCCCCCCCCCCC[SiH2][SiH](C)[SiH3]. The van der Waals surface area contributed by atoms with Crippen LogP contribution in [0.4, 0.5) is 0 Å². The zero-order valence-electron chi connectivity index (χ0n) is 12.1. The summed E-state index contributed by atoms with van der Waals surface area (Å²) in [6.07, 6.45) is 15.0. The Balaban J connectivity index is 2.88. The molecule has 0 aromatic heterocycles. The zero-order valence-corrected chi connectivity index (χ0v) is 16.6. The molecule has 98 valence electrons. The van der Waals surface area contributed by atoms with Gasteiger partial charge in [0, 0.05) is 16.9 Å². The zero-order chi connectivity index (χ0) is 12.1. The van der Waals surface area contributed by atoms with Crippen molar-refractivity contribution in [1.82, 2.24) is 0 Å². The van der Waals surface area contributed by atoms with Gasteiger partial charge >= 0.3 is 0 Å². The summed E-state index contributed by atoms with van der Waals surface area (Å²) in [4.78, 5) is 0. The third kappa shape index (κ3) is 14.7. The van der Waals surface area contributed by atoms with E-state index in [1.54, 1.807) is 28.6 Å². The molecule has 16 heavy (non-hydrogen) atoms. The Bertz CT molecular complexity index is 126. The lowest BCUT2D eigenvalue weighted by Gasteiger charge is -2.03. The van der Waals surface area contributed by atoms with E-state index in [4.69, 9.17) is 0 Å². The van der Waals surface area contributed by atoms with Gasteiger partial charge in [-0.3, -0.25) is 0 Å². The molecule has 0 aromatic rings. The molecule has 1 unspecified atom stereocenters. The number of unbranched alkanes of at least 4 members (excludes halogenated alkanes) is 9. The first-order valence-corrected chi connectivity index (χ1v) is 17.8. The van der Waals surface area contributed by atoms with Gasteiger partial charge in [0.05, 0.1) is 0 Å². The fourth-order valence-corrected chi connectivity index (χ4v) is 10.7. The number of hydrogen-bond donors (Lipinski definition) is 0. The van der Waals surface area contributed by atoms with Crippen molar-refractivity contribution in [3.8, 4) is 0 Å². The third-order valence-electron chi connectivity index (χ3n) is 3.39. The standard InChI is InChI=1S/C13H34Si3/c1-3-4-5-6-7-8-9-10-11-12-13-15-16(2)14/h16H,3-13,15H2,1-2,14H3. The number of rotatable bonds is 12. The molecule has 1 atom stereocenters. The van der Waals surface area contributed by atoms with Gasteiger partial charge in [-0.15, -0.1) is 0 Å². The molecule has 0 saturated heterocycles. The summed E-state index contributed by atoms with van der Waals surface area (Å²) < 4.78 is 0. The van der Waals surface area contributed by atoms with E-state index >= 15 is 0 Å². The summed E-state index contributed by atoms with van der Waals surface area (Å²) in [7, 11) is 2.11. The smallest absolute Gasteiger partial charge is 0.00809 e. The van der Waals surface area contributed by atoms with Crippen LogP contribution >= 0.6 is 0 Å². The second-order valence-electron chi connectivity index (χ2n) is 5.72.